The average Bonchev–Trinajstić information content (AvgIpc) is 2.16. The molecular weight excluding hydrogens is 206 g/mol. The van der Waals surface area contributed by atoms with Crippen molar-refractivity contribution in [2.24, 2.45) is 0 Å². The summed E-state index contributed by atoms with van der Waals surface area (Å²) >= 11 is 0. The zero-order valence-corrected chi connectivity index (χ0v) is 7.41. The monoisotopic (exact) mass is 212 g/mol. The van der Waals surface area contributed by atoms with Crippen LogP contribution in [-0.2, 0) is 4.79 Å². The van der Waals surface area contributed by atoms with Crippen LogP contribution < -0.4 is 0 Å². The number of hydrogen-bond donors (Lipinski definition) is 1. The second-order valence-corrected chi connectivity index (χ2v) is 2.65. The molecule has 0 saturated heterocycles. The van der Waals surface area contributed by atoms with Crippen LogP contribution in [0.25, 0.3) is 6.08 Å². The Morgan fingerprint density at radius 2 is 1.80 bits per heavy atom. The zero-order valence-electron chi connectivity index (χ0n) is 7.41. The summed E-state index contributed by atoms with van der Waals surface area (Å²) in [5.74, 6) is -3.46. The number of carboxylic acid groups (broad SMARTS) is 1. The zero-order chi connectivity index (χ0) is 11.4. The highest BCUT2D eigenvalue weighted by Gasteiger charge is 2.12. The van der Waals surface area contributed by atoms with Crippen LogP contribution in [0.1, 0.15) is 15.9 Å². The summed E-state index contributed by atoms with van der Waals surface area (Å²) < 4.78 is 26.2. The van der Waals surface area contributed by atoms with Crippen molar-refractivity contribution in [2.75, 3.05) is 0 Å². The van der Waals surface area contributed by atoms with Gasteiger partial charge in [-0.15, -0.1) is 0 Å². The van der Waals surface area contributed by atoms with E-state index >= 15 is 0 Å². The number of aromatic carboxylic acids is 1. The van der Waals surface area contributed by atoms with Gasteiger partial charge in [0.15, 0.2) is 0 Å². The topological polar surface area (TPSA) is 54.4 Å². The number of halogens is 2. The van der Waals surface area contributed by atoms with E-state index in [1.165, 1.54) is 0 Å². The Hall–Kier alpha value is -2.04. The number of carbonyl (C=O) groups is 2. The quantitative estimate of drug-likeness (QED) is 0.614. The van der Waals surface area contributed by atoms with E-state index in [4.69, 9.17) is 5.11 Å². The molecule has 0 atom stereocenters. The van der Waals surface area contributed by atoms with Gasteiger partial charge in [-0.3, -0.25) is 4.79 Å². The van der Waals surface area contributed by atoms with Crippen molar-refractivity contribution in [3.8, 4) is 0 Å². The first-order chi connectivity index (χ1) is 7.06. The summed E-state index contributed by atoms with van der Waals surface area (Å²) in [6.07, 6.45) is 2.22. The Balaban J connectivity index is 3.26. The highest BCUT2D eigenvalue weighted by Crippen LogP contribution is 2.16. The first kappa shape index (κ1) is 11.0. The number of carboxylic acids is 1. The molecule has 0 spiro atoms. The lowest BCUT2D eigenvalue weighted by molar-refractivity contribution is -0.104. The van der Waals surface area contributed by atoms with Crippen LogP contribution in [0.3, 0.4) is 0 Å². The van der Waals surface area contributed by atoms with Crippen molar-refractivity contribution in [3.05, 3.63) is 41.0 Å². The largest absolute Gasteiger partial charge is 0.478 e. The van der Waals surface area contributed by atoms with Crippen LogP contribution in [0.5, 0.6) is 0 Å². The molecule has 0 aliphatic rings. The van der Waals surface area contributed by atoms with Crippen molar-refractivity contribution in [3.63, 3.8) is 0 Å². The number of benzene rings is 1. The normalized spacial score (nSPS) is 10.5. The Bertz CT molecular complexity index is 415. The second-order valence-electron chi connectivity index (χ2n) is 2.65. The molecule has 1 aromatic rings. The van der Waals surface area contributed by atoms with Crippen LogP contribution in [-0.4, -0.2) is 17.4 Å². The minimum Gasteiger partial charge on any atom is -0.478 e. The van der Waals surface area contributed by atoms with Crippen LogP contribution >= 0.6 is 0 Å². The lowest BCUT2D eigenvalue weighted by atomic mass is 10.1. The standard InChI is InChI=1S/C10H6F2O3/c11-8-4-6(10(14)15)5-9(12)7(8)2-1-3-13/h1-5H,(H,14,15). The van der Waals surface area contributed by atoms with Gasteiger partial charge in [0.05, 0.1) is 5.56 Å². The van der Waals surface area contributed by atoms with Crippen LogP contribution in [0.15, 0.2) is 18.2 Å². The molecule has 0 aliphatic carbocycles. The van der Waals surface area contributed by atoms with Gasteiger partial charge < -0.3 is 5.11 Å². The molecule has 0 bridgehead atoms. The molecule has 1 N–H and O–H groups in total. The molecule has 1 aromatic carbocycles. The fourth-order valence-corrected chi connectivity index (χ4v) is 1.00. The summed E-state index contributed by atoms with van der Waals surface area (Å²) in [5.41, 5.74) is -0.916. The maximum atomic E-state index is 13.1. The summed E-state index contributed by atoms with van der Waals surface area (Å²) in [5, 5.41) is 8.49. The number of carbonyl (C=O) groups excluding carboxylic acids is 1. The van der Waals surface area contributed by atoms with E-state index in [9.17, 15) is 18.4 Å². The van der Waals surface area contributed by atoms with E-state index in [2.05, 4.69) is 0 Å². The predicted molar refractivity (Wildman–Crippen MR) is 48.4 cm³/mol. The van der Waals surface area contributed by atoms with Gasteiger partial charge in [-0.05, 0) is 24.3 Å². The molecule has 3 nitrogen and oxygen atoms in total. The van der Waals surface area contributed by atoms with E-state index in [0.29, 0.717) is 18.4 Å². The minimum absolute atomic E-state index is 0.365. The summed E-state index contributed by atoms with van der Waals surface area (Å²) in [6.45, 7) is 0. The first-order valence-electron chi connectivity index (χ1n) is 3.90. The van der Waals surface area contributed by atoms with Gasteiger partial charge in [0.1, 0.15) is 17.9 Å². The summed E-state index contributed by atoms with van der Waals surface area (Å²) in [6, 6.07) is 1.38. The molecule has 0 amide bonds. The molecule has 1 rings (SSSR count). The Labute approximate surface area is 83.6 Å². The highest BCUT2D eigenvalue weighted by atomic mass is 19.1. The third kappa shape index (κ3) is 2.46. The van der Waals surface area contributed by atoms with E-state index < -0.39 is 28.7 Å². The van der Waals surface area contributed by atoms with Crippen molar-refractivity contribution in [2.45, 2.75) is 0 Å². The lowest BCUT2D eigenvalue weighted by Gasteiger charge is -2.01. The fraction of sp³-hybridized carbons (Fsp3) is 0. The Kier molecular flexibility index (Phi) is 3.28. The Morgan fingerprint density at radius 1 is 1.27 bits per heavy atom. The van der Waals surface area contributed by atoms with E-state index in [0.717, 1.165) is 12.2 Å². The molecule has 15 heavy (non-hydrogen) atoms. The molecule has 0 heterocycles. The van der Waals surface area contributed by atoms with Gasteiger partial charge in [0, 0.05) is 5.56 Å². The van der Waals surface area contributed by atoms with E-state index in [1.54, 1.807) is 0 Å². The molecule has 0 aromatic heterocycles. The number of rotatable bonds is 3. The molecule has 0 fully saturated rings. The highest BCUT2D eigenvalue weighted by molar-refractivity contribution is 5.88. The van der Waals surface area contributed by atoms with Gasteiger partial charge in [-0.25, -0.2) is 13.6 Å². The van der Waals surface area contributed by atoms with Crippen molar-refractivity contribution in [1.29, 1.82) is 0 Å². The molecule has 0 radical (unpaired) electrons. The molecule has 0 aliphatic heterocycles. The SMILES string of the molecule is O=CC=Cc1c(F)cc(C(=O)O)cc1F. The third-order valence-electron chi connectivity index (χ3n) is 1.67. The molecular formula is C10H6F2O3. The van der Waals surface area contributed by atoms with E-state index in [1.807, 2.05) is 0 Å². The third-order valence-corrected chi connectivity index (χ3v) is 1.67. The first-order valence-corrected chi connectivity index (χ1v) is 3.90. The van der Waals surface area contributed by atoms with Crippen molar-refractivity contribution < 1.29 is 23.5 Å². The smallest absolute Gasteiger partial charge is 0.335 e. The van der Waals surface area contributed by atoms with Crippen LogP contribution in [0.2, 0.25) is 0 Å². The second kappa shape index (κ2) is 4.45. The van der Waals surface area contributed by atoms with Crippen LogP contribution in [0.4, 0.5) is 8.78 Å². The number of allylic oxidation sites excluding steroid dienone is 1. The van der Waals surface area contributed by atoms with Gasteiger partial charge in [-0.2, -0.15) is 0 Å². The van der Waals surface area contributed by atoms with Gasteiger partial charge >= 0.3 is 5.97 Å². The Morgan fingerprint density at radius 3 is 2.20 bits per heavy atom. The number of hydrogen-bond acceptors (Lipinski definition) is 2. The average molecular weight is 212 g/mol. The molecule has 0 unspecified atom stereocenters. The van der Waals surface area contributed by atoms with Crippen LogP contribution in [0, 0.1) is 11.6 Å². The van der Waals surface area contributed by atoms with Crippen molar-refractivity contribution >= 4 is 18.3 Å². The molecule has 0 saturated carbocycles. The maximum Gasteiger partial charge on any atom is 0.335 e. The molecule has 5 heteroatoms. The molecule has 78 valence electrons. The fourth-order valence-electron chi connectivity index (χ4n) is 1.00. The van der Waals surface area contributed by atoms with Gasteiger partial charge in [0.2, 0.25) is 0 Å². The van der Waals surface area contributed by atoms with Gasteiger partial charge in [0.25, 0.3) is 0 Å². The van der Waals surface area contributed by atoms with Gasteiger partial charge in [-0.1, -0.05) is 0 Å². The number of aldehydes is 1. The predicted octanol–water partition coefficient (Wildman–Crippen LogP) is 1.88. The maximum absolute atomic E-state index is 13.1. The van der Waals surface area contributed by atoms with E-state index in [-0.39, 0.29) is 0 Å². The lowest BCUT2D eigenvalue weighted by Crippen LogP contribution is -2.00. The minimum atomic E-state index is -1.42. The van der Waals surface area contributed by atoms with Crippen molar-refractivity contribution in [1.82, 2.24) is 0 Å². The summed E-state index contributed by atoms with van der Waals surface area (Å²) in [7, 11) is 0. The summed E-state index contributed by atoms with van der Waals surface area (Å²) in [4.78, 5) is 20.4.